The number of quaternary nitrogens is 1. The summed E-state index contributed by atoms with van der Waals surface area (Å²) in [5.41, 5.74) is 1.10. The SMILES string of the molecule is CC(C)CC1CN(C)C1.CC(C)CN(C)C.CC(C)CN1CC(C)C1.CC(C)CN1CN(C)C1.CC(C)CN1COC1.CC(C)CN1C[N+](C)(C)C1.CN(C)CC#CCC(C)(C)C.CN(C)CN(C)CC(C)(C)C.CN(C)COCN(C)CC(C)(C)C. The molecule has 0 atom stereocenters. The molecule has 15 nitrogen and oxygen atoms in total. The van der Waals surface area contributed by atoms with Crippen molar-refractivity contribution in [1.29, 1.82) is 0 Å². The fourth-order valence-electron chi connectivity index (χ4n) is 10.8. The Morgan fingerprint density at radius 3 is 1.21 bits per heavy atom. The van der Waals surface area contributed by atoms with Crippen molar-refractivity contribution in [3.05, 3.63) is 0 Å². The van der Waals surface area contributed by atoms with Gasteiger partial charge in [-0.1, -0.05) is 158 Å². The van der Waals surface area contributed by atoms with Crippen LogP contribution in [0.4, 0.5) is 0 Å². The highest BCUT2D eigenvalue weighted by atomic mass is 16.5. The Morgan fingerprint density at radius 1 is 0.483 bits per heavy atom. The standard InChI is InChI=1S/C10H24N2O.C10H19N.C9H22N2.C8H19N2.2C8H17N.C7H16N2.C6H13NO.C6H15N/c1-10(2,3)7-12(6)9-13-8-11(4)5;1-10(2,3)8-6-7-9-11(4)5;1-9(2,3)7-11(6)8-10(4)5;1-8(2)5-9-6-10(3,4)7-9;1-7(2)4-8-5-9(3)6-8;2*1-7(2)4-9-5-8(3)6-9;1-6(2)3-7-4-8-5-7;1-6(2)5-7(3)4/h7-9H2,1-6H3;8-9H2,1-5H3;7-8H2,1-6H3;8H,5-7H2,1-4H3;2*7-8H,4-6H2,1-3H3;7H,4-6H2,1-3H3;6H,3-5H2,1-2H3;6H,5H2,1-4H3/q;;;+1;;;;;. The second kappa shape index (κ2) is 49.5. The largest absolute Gasteiger partial charge is 0.351 e. The molecule has 5 saturated heterocycles. The van der Waals surface area contributed by atoms with E-state index >= 15 is 0 Å². The van der Waals surface area contributed by atoms with Gasteiger partial charge >= 0.3 is 0 Å². The van der Waals surface area contributed by atoms with E-state index < -0.39 is 0 Å². The van der Waals surface area contributed by atoms with Crippen LogP contribution in [0.2, 0.25) is 0 Å². The molecule has 15 heteroatoms. The second-order valence-electron chi connectivity index (χ2n) is 34.9. The maximum Gasteiger partial charge on any atom is 0.140 e. The molecule has 526 valence electrons. The number of hydrogen-bond donors (Lipinski definition) is 0. The first-order valence-corrected chi connectivity index (χ1v) is 34.2. The summed E-state index contributed by atoms with van der Waals surface area (Å²) in [6.07, 6.45) is 2.41. The van der Waals surface area contributed by atoms with Gasteiger partial charge in [0.2, 0.25) is 0 Å². The molecule has 0 radical (unpaired) electrons. The Labute approximate surface area is 548 Å². The average Bonchev–Trinajstić information content (AvgIpc) is 3.23. The van der Waals surface area contributed by atoms with Gasteiger partial charge in [0.15, 0.2) is 0 Å². The second-order valence-corrected chi connectivity index (χ2v) is 34.9. The van der Waals surface area contributed by atoms with E-state index in [0.29, 0.717) is 29.7 Å². The van der Waals surface area contributed by atoms with Crippen molar-refractivity contribution >= 4 is 0 Å². The van der Waals surface area contributed by atoms with Gasteiger partial charge in [-0.05, 0) is 161 Å². The number of likely N-dealkylation sites (tertiary alicyclic amines) is 2. The van der Waals surface area contributed by atoms with Gasteiger partial charge in [-0.15, -0.1) is 5.92 Å². The highest BCUT2D eigenvalue weighted by Gasteiger charge is 2.33. The fraction of sp³-hybridized carbons (Fsp3) is 0.972. The zero-order valence-corrected chi connectivity index (χ0v) is 66.0. The molecule has 5 fully saturated rings. The van der Waals surface area contributed by atoms with Crippen molar-refractivity contribution in [2.45, 2.75) is 165 Å². The Kier molecular flexibility index (Phi) is 52.6. The van der Waals surface area contributed by atoms with Gasteiger partial charge in [0, 0.05) is 78.5 Å². The summed E-state index contributed by atoms with van der Waals surface area (Å²) in [5, 5.41) is 0. The summed E-state index contributed by atoms with van der Waals surface area (Å²) in [6.45, 7) is 73.1. The first-order valence-electron chi connectivity index (χ1n) is 34.2. The Morgan fingerprint density at radius 2 is 0.920 bits per heavy atom. The summed E-state index contributed by atoms with van der Waals surface area (Å²) in [6, 6.07) is 0. The first kappa shape index (κ1) is 92.4. The van der Waals surface area contributed by atoms with E-state index in [-0.39, 0.29) is 0 Å². The minimum Gasteiger partial charge on any atom is -0.351 e. The molecule has 0 aliphatic carbocycles. The summed E-state index contributed by atoms with van der Waals surface area (Å²) in [4.78, 5) is 27.5. The maximum atomic E-state index is 5.45. The molecule has 0 saturated carbocycles. The van der Waals surface area contributed by atoms with Crippen molar-refractivity contribution in [2.24, 2.45) is 63.6 Å². The highest BCUT2D eigenvalue weighted by Crippen LogP contribution is 2.21. The lowest BCUT2D eigenvalue weighted by atomic mass is 9.91. The van der Waals surface area contributed by atoms with E-state index in [2.05, 4.69) is 289 Å². The molecular weight excluding hydrogens is 1080 g/mol. The van der Waals surface area contributed by atoms with Crippen LogP contribution in [0, 0.1) is 75.4 Å². The summed E-state index contributed by atoms with van der Waals surface area (Å²) < 4.78 is 11.6. The Bertz CT molecular complexity index is 1530. The minimum atomic E-state index is 0.343. The molecule has 0 amide bonds. The van der Waals surface area contributed by atoms with Crippen molar-refractivity contribution in [3.8, 4) is 11.8 Å². The first-order chi connectivity index (χ1) is 39.5. The van der Waals surface area contributed by atoms with Gasteiger partial charge in [0.05, 0.1) is 34.0 Å². The molecule has 0 aromatic carbocycles. The van der Waals surface area contributed by atoms with E-state index in [1.165, 1.54) is 83.1 Å². The topological polar surface area (TPSA) is 57.3 Å². The van der Waals surface area contributed by atoms with Crippen molar-refractivity contribution in [3.63, 3.8) is 0 Å². The van der Waals surface area contributed by atoms with E-state index in [1.807, 2.05) is 33.1 Å². The highest BCUT2D eigenvalue weighted by molar-refractivity contribution is 5.02. The molecule has 87 heavy (non-hydrogen) atoms. The van der Waals surface area contributed by atoms with Gasteiger partial charge < -0.3 is 28.7 Å². The molecule has 0 bridgehead atoms. The van der Waals surface area contributed by atoms with Crippen LogP contribution >= 0.6 is 0 Å². The molecule has 5 aliphatic heterocycles. The zero-order chi connectivity index (χ0) is 68.6. The van der Waals surface area contributed by atoms with Crippen molar-refractivity contribution in [1.82, 2.24) is 58.8 Å². The molecule has 0 aromatic heterocycles. The van der Waals surface area contributed by atoms with Crippen LogP contribution in [0.5, 0.6) is 0 Å². The van der Waals surface area contributed by atoms with E-state index in [4.69, 9.17) is 9.47 Å². The maximum absolute atomic E-state index is 5.45. The molecule has 5 rings (SSSR count). The average molecular weight is 1240 g/mol. The van der Waals surface area contributed by atoms with Crippen LogP contribution in [0.15, 0.2) is 0 Å². The molecular formula is C72H162N13O2+. The molecule has 0 spiro atoms. The van der Waals surface area contributed by atoms with Crippen molar-refractivity contribution in [2.75, 3.05) is 237 Å². The summed E-state index contributed by atoms with van der Waals surface area (Å²) in [7, 11) is 29.6. The molecule has 0 aromatic rings. The van der Waals surface area contributed by atoms with Crippen LogP contribution in [0.1, 0.15) is 165 Å². The predicted octanol–water partition coefficient (Wildman–Crippen LogP) is 12.0. The van der Waals surface area contributed by atoms with Gasteiger partial charge in [-0.3, -0.25) is 39.2 Å². The molecule has 0 unspecified atom stereocenters. The van der Waals surface area contributed by atoms with E-state index in [1.54, 1.807) is 0 Å². The summed E-state index contributed by atoms with van der Waals surface area (Å²) in [5.74, 6) is 13.2. The zero-order valence-electron chi connectivity index (χ0n) is 66.0. The van der Waals surface area contributed by atoms with Gasteiger partial charge in [0.1, 0.15) is 40.3 Å². The lowest BCUT2D eigenvalue weighted by Crippen LogP contribution is -2.65. The lowest BCUT2D eigenvalue weighted by Gasteiger charge is -2.47. The lowest BCUT2D eigenvalue weighted by molar-refractivity contribution is -0.962. The minimum absolute atomic E-state index is 0.343. The smallest absolute Gasteiger partial charge is 0.140 e. The number of nitrogens with zero attached hydrogens (tertiary/aromatic N) is 13. The molecule has 5 aliphatic rings. The third-order valence-electron chi connectivity index (χ3n) is 12.7. The number of hydrogen-bond acceptors (Lipinski definition) is 14. The normalized spacial score (nSPS) is 17.7. The van der Waals surface area contributed by atoms with E-state index in [9.17, 15) is 0 Å². The third kappa shape index (κ3) is 70.7. The quantitative estimate of drug-likeness (QED) is 0.0623. The van der Waals surface area contributed by atoms with Crippen LogP contribution in [0.3, 0.4) is 0 Å². The number of rotatable bonds is 21. The fourth-order valence-corrected chi connectivity index (χ4v) is 10.8. The number of ether oxygens (including phenoxy) is 2. The molecule has 0 N–H and O–H groups in total. The monoisotopic (exact) mass is 1240 g/mol. The Hall–Kier alpha value is -1.04. The molecule has 5 heterocycles. The van der Waals surface area contributed by atoms with Crippen LogP contribution in [-0.2, 0) is 9.47 Å². The van der Waals surface area contributed by atoms with Gasteiger partial charge in [0.25, 0.3) is 0 Å². The third-order valence-corrected chi connectivity index (χ3v) is 12.7. The summed E-state index contributed by atoms with van der Waals surface area (Å²) >= 11 is 0. The van der Waals surface area contributed by atoms with Crippen LogP contribution in [-0.4, -0.2) is 301 Å². The van der Waals surface area contributed by atoms with Crippen LogP contribution < -0.4 is 0 Å². The van der Waals surface area contributed by atoms with E-state index in [0.717, 1.165) is 107 Å². The Balaban J connectivity index is -0.000000447. The van der Waals surface area contributed by atoms with Crippen LogP contribution in [0.25, 0.3) is 0 Å². The van der Waals surface area contributed by atoms with Crippen molar-refractivity contribution < 1.29 is 14.0 Å². The predicted molar refractivity (Wildman–Crippen MR) is 387 cm³/mol. The van der Waals surface area contributed by atoms with Gasteiger partial charge in [-0.2, -0.15) is 0 Å². The van der Waals surface area contributed by atoms with Gasteiger partial charge in [-0.25, -0.2) is 4.90 Å².